The fraction of sp³-hybridized carbons (Fsp3) is 0.571. The van der Waals surface area contributed by atoms with Crippen LogP contribution in [0.2, 0.25) is 0 Å². The first kappa shape index (κ1) is 8.70. The van der Waals surface area contributed by atoms with Crippen LogP contribution in [-0.2, 0) is 14.4 Å². The molecule has 66 valence electrons. The van der Waals surface area contributed by atoms with Gasteiger partial charge >= 0.3 is 0 Å². The highest BCUT2D eigenvalue weighted by Crippen LogP contribution is 2.28. The highest BCUT2D eigenvalue weighted by molar-refractivity contribution is 5.93. The second kappa shape index (κ2) is 2.92. The molecule has 0 N–H and O–H groups in total. The van der Waals surface area contributed by atoms with E-state index in [1.165, 1.54) is 0 Å². The summed E-state index contributed by atoms with van der Waals surface area (Å²) in [7, 11) is 0. The van der Waals surface area contributed by atoms with E-state index in [-0.39, 0.29) is 18.6 Å². The lowest BCUT2D eigenvalue weighted by Crippen LogP contribution is -2.41. The fourth-order valence-corrected chi connectivity index (χ4v) is 1.35. The molecular formula is C7H6O5-2. The highest BCUT2D eigenvalue weighted by atomic mass is 16.4. The number of hydrogen-bond acceptors (Lipinski definition) is 5. The van der Waals surface area contributed by atoms with E-state index >= 15 is 0 Å². The van der Waals surface area contributed by atoms with Crippen molar-refractivity contribution in [2.45, 2.75) is 12.8 Å². The minimum absolute atomic E-state index is 0.249. The summed E-state index contributed by atoms with van der Waals surface area (Å²) in [4.78, 5) is 31.3. The molecule has 0 amide bonds. The summed E-state index contributed by atoms with van der Waals surface area (Å²) in [5.74, 6) is -5.76. The lowest BCUT2D eigenvalue weighted by atomic mass is 9.97. The number of carbonyl (C=O) groups excluding carboxylic acids is 3. The van der Waals surface area contributed by atoms with Crippen molar-refractivity contribution in [1.29, 1.82) is 0 Å². The van der Waals surface area contributed by atoms with Crippen LogP contribution in [0.3, 0.4) is 0 Å². The first-order chi connectivity index (χ1) is 5.52. The van der Waals surface area contributed by atoms with Gasteiger partial charge in [0.05, 0.1) is 0 Å². The van der Waals surface area contributed by atoms with E-state index in [9.17, 15) is 24.6 Å². The molecule has 2 atom stereocenters. The van der Waals surface area contributed by atoms with Crippen molar-refractivity contribution < 1.29 is 24.6 Å². The van der Waals surface area contributed by atoms with Crippen molar-refractivity contribution in [3.05, 3.63) is 0 Å². The van der Waals surface area contributed by atoms with Crippen LogP contribution in [0.5, 0.6) is 0 Å². The van der Waals surface area contributed by atoms with Gasteiger partial charge in [0.1, 0.15) is 5.78 Å². The topological polar surface area (TPSA) is 97.3 Å². The Bertz CT molecular complexity index is 220. The lowest BCUT2D eigenvalue weighted by molar-refractivity contribution is -0.325. The molecule has 0 aromatic heterocycles. The number of aliphatic carboxylic acids is 2. The molecule has 0 bridgehead atoms. The van der Waals surface area contributed by atoms with E-state index in [2.05, 4.69) is 0 Å². The van der Waals surface area contributed by atoms with Gasteiger partial charge in [-0.15, -0.1) is 0 Å². The van der Waals surface area contributed by atoms with Crippen LogP contribution in [0.1, 0.15) is 12.8 Å². The molecule has 0 heterocycles. The SMILES string of the molecule is O=C1C[C@H](C(=O)[O-])[C@@H](C(=O)[O-])C1. The minimum atomic E-state index is -1.49. The average Bonchev–Trinajstić information content (AvgIpc) is 2.31. The summed E-state index contributed by atoms with van der Waals surface area (Å²) in [5.41, 5.74) is 0. The van der Waals surface area contributed by atoms with Gasteiger partial charge in [-0.3, -0.25) is 4.79 Å². The third kappa shape index (κ3) is 1.44. The van der Waals surface area contributed by atoms with E-state index in [0.29, 0.717) is 0 Å². The third-order valence-electron chi connectivity index (χ3n) is 1.99. The zero-order valence-electron chi connectivity index (χ0n) is 6.11. The van der Waals surface area contributed by atoms with Gasteiger partial charge < -0.3 is 19.8 Å². The molecule has 0 aliphatic heterocycles. The van der Waals surface area contributed by atoms with Crippen LogP contribution in [0.25, 0.3) is 0 Å². The monoisotopic (exact) mass is 170 g/mol. The van der Waals surface area contributed by atoms with Gasteiger partial charge in [-0.05, 0) is 0 Å². The molecule has 0 aromatic rings. The maximum atomic E-state index is 10.7. The van der Waals surface area contributed by atoms with Crippen molar-refractivity contribution in [3.8, 4) is 0 Å². The largest absolute Gasteiger partial charge is 0.550 e. The van der Waals surface area contributed by atoms with Crippen molar-refractivity contribution in [2.24, 2.45) is 11.8 Å². The zero-order valence-corrected chi connectivity index (χ0v) is 6.11. The summed E-state index contributed by atoms with van der Waals surface area (Å²) < 4.78 is 0. The second-order valence-electron chi connectivity index (χ2n) is 2.80. The maximum Gasteiger partial charge on any atom is 0.134 e. The Morgan fingerprint density at radius 2 is 1.42 bits per heavy atom. The van der Waals surface area contributed by atoms with Crippen LogP contribution in [0.4, 0.5) is 0 Å². The fourth-order valence-electron chi connectivity index (χ4n) is 1.35. The Kier molecular flexibility index (Phi) is 2.12. The highest BCUT2D eigenvalue weighted by Gasteiger charge is 2.34. The van der Waals surface area contributed by atoms with E-state index in [0.717, 1.165) is 0 Å². The Hall–Kier alpha value is -1.39. The molecule has 12 heavy (non-hydrogen) atoms. The molecule has 5 nitrogen and oxygen atoms in total. The number of hydrogen-bond donors (Lipinski definition) is 0. The standard InChI is InChI=1S/C7H8O5/c8-3-1-4(6(9)10)5(2-3)7(11)12/h4-5H,1-2H2,(H,9,10)(H,11,12)/p-2/t4-,5-/m0/s1. The maximum absolute atomic E-state index is 10.7. The summed E-state index contributed by atoms with van der Waals surface area (Å²) in [5, 5.41) is 20.6. The van der Waals surface area contributed by atoms with Crippen LogP contribution < -0.4 is 10.2 Å². The van der Waals surface area contributed by atoms with Crippen LogP contribution in [-0.4, -0.2) is 17.7 Å². The second-order valence-corrected chi connectivity index (χ2v) is 2.80. The zero-order chi connectivity index (χ0) is 9.30. The normalized spacial score (nSPS) is 28.8. The van der Waals surface area contributed by atoms with E-state index in [4.69, 9.17) is 0 Å². The molecule has 0 aromatic carbocycles. The molecule has 0 saturated heterocycles. The predicted octanol–water partition coefficient (Wildman–Crippen LogP) is -2.92. The number of carbonyl (C=O) groups is 3. The Morgan fingerprint density at radius 3 is 1.67 bits per heavy atom. The van der Waals surface area contributed by atoms with Crippen molar-refractivity contribution in [1.82, 2.24) is 0 Å². The van der Waals surface area contributed by atoms with E-state index < -0.39 is 23.8 Å². The number of ketones is 1. The molecule has 1 aliphatic carbocycles. The van der Waals surface area contributed by atoms with Crippen LogP contribution in [0, 0.1) is 11.8 Å². The van der Waals surface area contributed by atoms with Crippen molar-refractivity contribution in [2.75, 3.05) is 0 Å². The molecule has 5 heteroatoms. The molecule has 0 unspecified atom stereocenters. The van der Waals surface area contributed by atoms with Crippen molar-refractivity contribution in [3.63, 3.8) is 0 Å². The number of carboxylic acids is 2. The van der Waals surface area contributed by atoms with Gasteiger partial charge in [-0.2, -0.15) is 0 Å². The quantitative estimate of drug-likeness (QED) is 0.442. The number of rotatable bonds is 2. The first-order valence-corrected chi connectivity index (χ1v) is 3.45. The molecule has 1 rings (SSSR count). The van der Waals surface area contributed by atoms with E-state index in [1.54, 1.807) is 0 Å². The third-order valence-corrected chi connectivity index (χ3v) is 1.99. The minimum Gasteiger partial charge on any atom is -0.550 e. The van der Waals surface area contributed by atoms with E-state index in [1.807, 2.05) is 0 Å². The molecule has 1 aliphatic rings. The lowest BCUT2D eigenvalue weighted by Gasteiger charge is -2.19. The molecule has 0 spiro atoms. The number of carboxylic acid groups (broad SMARTS) is 2. The van der Waals surface area contributed by atoms with Crippen LogP contribution in [0.15, 0.2) is 0 Å². The van der Waals surface area contributed by atoms with Gasteiger partial charge in [0.15, 0.2) is 0 Å². The number of Topliss-reactive ketones (excluding diaryl/α,β-unsaturated/α-hetero) is 1. The van der Waals surface area contributed by atoms with Gasteiger partial charge in [-0.1, -0.05) is 0 Å². The van der Waals surface area contributed by atoms with Gasteiger partial charge in [0, 0.05) is 36.6 Å². The Balaban J connectivity index is 2.79. The smallest absolute Gasteiger partial charge is 0.134 e. The summed E-state index contributed by atoms with van der Waals surface area (Å²) >= 11 is 0. The predicted molar refractivity (Wildman–Crippen MR) is 31.2 cm³/mol. The molecule has 1 fully saturated rings. The molecule has 0 radical (unpaired) electrons. The van der Waals surface area contributed by atoms with Gasteiger partial charge in [-0.25, -0.2) is 0 Å². The summed E-state index contributed by atoms with van der Waals surface area (Å²) in [6, 6.07) is 0. The summed E-state index contributed by atoms with van der Waals surface area (Å²) in [6.07, 6.45) is -0.498. The molecular weight excluding hydrogens is 164 g/mol. The first-order valence-electron chi connectivity index (χ1n) is 3.45. The Labute approximate surface area is 68.0 Å². The summed E-state index contributed by atoms with van der Waals surface area (Å²) in [6.45, 7) is 0. The van der Waals surface area contributed by atoms with Crippen LogP contribution >= 0.6 is 0 Å². The van der Waals surface area contributed by atoms with Crippen molar-refractivity contribution >= 4 is 17.7 Å². The Morgan fingerprint density at radius 1 is 1.08 bits per heavy atom. The van der Waals surface area contributed by atoms with Gasteiger partial charge in [0.25, 0.3) is 0 Å². The van der Waals surface area contributed by atoms with Gasteiger partial charge in [0.2, 0.25) is 0 Å². The molecule has 1 saturated carbocycles. The average molecular weight is 170 g/mol.